The largest absolute Gasteiger partial charge is 0.506 e. The second kappa shape index (κ2) is 4.32. The van der Waals surface area contributed by atoms with Gasteiger partial charge in [0.1, 0.15) is 11.5 Å². The van der Waals surface area contributed by atoms with Crippen LogP contribution in [0.5, 0.6) is 11.5 Å². The van der Waals surface area contributed by atoms with Crippen LogP contribution in [0.3, 0.4) is 0 Å². The topological polar surface area (TPSA) is 95.9 Å². The van der Waals surface area contributed by atoms with Crippen LogP contribution in [0.15, 0.2) is 18.2 Å². The number of carbonyl (C=O) groups excluding carboxylic acids is 1. The predicted molar refractivity (Wildman–Crippen MR) is 50.9 cm³/mol. The Morgan fingerprint density at radius 3 is 2.53 bits per heavy atom. The molecule has 0 atom stereocenters. The maximum absolute atomic E-state index is 10.8. The fraction of sp³-hybridized carbons (Fsp3) is 0.111. The molecule has 0 unspecified atom stereocenters. The van der Waals surface area contributed by atoms with Crippen LogP contribution in [0.4, 0.5) is 5.69 Å². The minimum atomic E-state index is -1.62. The van der Waals surface area contributed by atoms with E-state index in [1.54, 1.807) is 0 Å². The molecule has 0 aromatic heterocycles. The molecule has 0 bridgehead atoms. The number of nitrogens with one attached hydrogen (secondary N) is 1. The summed E-state index contributed by atoms with van der Waals surface area (Å²) in [6, 6.07) is 4.09. The summed E-state index contributed by atoms with van der Waals surface area (Å²) in [5.74, 6) is -2.69. The van der Waals surface area contributed by atoms with E-state index < -0.39 is 11.9 Å². The summed E-state index contributed by atoms with van der Waals surface area (Å²) in [5, 5.41) is 19.7. The van der Waals surface area contributed by atoms with Gasteiger partial charge in [0.15, 0.2) is 0 Å². The first-order valence-electron chi connectivity index (χ1n) is 3.96. The minimum Gasteiger partial charge on any atom is -0.506 e. The second-order valence-electron chi connectivity index (χ2n) is 2.64. The zero-order valence-electron chi connectivity index (χ0n) is 7.85. The van der Waals surface area contributed by atoms with Crippen molar-refractivity contribution in [1.29, 1.82) is 0 Å². The van der Waals surface area contributed by atoms with Crippen molar-refractivity contribution in [3.05, 3.63) is 18.2 Å². The number of amides is 1. The SMILES string of the molecule is COc1ccc(NC(=O)C(=O)O)c(O)c1. The van der Waals surface area contributed by atoms with Gasteiger partial charge in [0.25, 0.3) is 0 Å². The standard InChI is InChI=1S/C9H9NO5/c1-15-5-2-3-6(7(11)4-5)10-8(12)9(13)14/h2-4,11H,1H3,(H,10,12)(H,13,14). The molecule has 0 aliphatic carbocycles. The number of anilines is 1. The second-order valence-corrected chi connectivity index (χ2v) is 2.64. The molecule has 15 heavy (non-hydrogen) atoms. The summed E-state index contributed by atoms with van der Waals surface area (Å²) in [6.45, 7) is 0. The lowest BCUT2D eigenvalue weighted by atomic mass is 10.2. The Labute approximate surface area is 85.1 Å². The van der Waals surface area contributed by atoms with E-state index in [-0.39, 0.29) is 11.4 Å². The van der Waals surface area contributed by atoms with Crippen LogP contribution in [0, 0.1) is 0 Å². The zero-order valence-corrected chi connectivity index (χ0v) is 7.85. The quantitative estimate of drug-likeness (QED) is 0.486. The van der Waals surface area contributed by atoms with E-state index in [0.29, 0.717) is 5.75 Å². The highest BCUT2D eigenvalue weighted by molar-refractivity contribution is 6.36. The van der Waals surface area contributed by atoms with Crippen molar-refractivity contribution in [3.63, 3.8) is 0 Å². The maximum atomic E-state index is 10.8. The van der Waals surface area contributed by atoms with Gasteiger partial charge >= 0.3 is 11.9 Å². The lowest BCUT2D eigenvalue weighted by molar-refractivity contribution is -0.147. The van der Waals surface area contributed by atoms with E-state index in [1.165, 1.54) is 25.3 Å². The van der Waals surface area contributed by atoms with Crippen molar-refractivity contribution in [2.75, 3.05) is 12.4 Å². The number of hydrogen-bond donors (Lipinski definition) is 3. The number of carbonyl (C=O) groups is 2. The Morgan fingerprint density at radius 2 is 2.07 bits per heavy atom. The summed E-state index contributed by atoms with van der Waals surface area (Å²) < 4.78 is 4.81. The molecule has 0 spiro atoms. The minimum absolute atomic E-state index is 0.0169. The van der Waals surface area contributed by atoms with Gasteiger partial charge < -0.3 is 20.3 Å². The predicted octanol–water partition coefficient (Wildman–Crippen LogP) is 0.424. The van der Waals surface area contributed by atoms with Crippen molar-refractivity contribution in [1.82, 2.24) is 0 Å². The van der Waals surface area contributed by atoms with E-state index in [4.69, 9.17) is 9.84 Å². The number of benzene rings is 1. The van der Waals surface area contributed by atoms with E-state index in [2.05, 4.69) is 0 Å². The third-order valence-corrected chi connectivity index (χ3v) is 1.65. The van der Waals surface area contributed by atoms with Crippen molar-refractivity contribution in [3.8, 4) is 11.5 Å². The first kappa shape index (κ1) is 10.8. The van der Waals surface area contributed by atoms with Gasteiger partial charge in [-0.25, -0.2) is 4.79 Å². The van der Waals surface area contributed by atoms with Crippen molar-refractivity contribution < 1.29 is 24.5 Å². The van der Waals surface area contributed by atoms with Gasteiger partial charge in [0, 0.05) is 6.07 Å². The number of carboxylic acids is 1. The highest BCUT2D eigenvalue weighted by Gasteiger charge is 2.13. The van der Waals surface area contributed by atoms with Gasteiger partial charge in [0.05, 0.1) is 12.8 Å². The maximum Gasteiger partial charge on any atom is 0.394 e. The van der Waals surface area contributed by atoms with Gasteiger partial charge in [-0.15, -0.1) is 0 Å². The summed E-state index contributed by atoms with van der Waals surface area (Å²) in [6.07, 6.45) is 0. The smallest absolute Gasteiger partial charge is 0.394 e. The Bertz CT molecular complexity index is 401. The average molecular weight is 211 g/mol. The van der Waals surface area contributed by atoms with Gasteiger partial charge in [-0.05, 0) is 12.1 Å². The molecule has 6 nitrogen and oxygen atoms in total. The lowest BCUT2D eigenvalue weighted by Gasteiger charge is -2.06. The first-order valence-corrected chi connectivity index (χ1v) is 3.96. The molecule has 0 aliphatic rings. The molecule has 0 saturated heterocycles. The molecule has 1 rings (SSSR count). The van der Waals surface area contributed by atoms with Crippen molar-refractivity contribution in [2.24, 2.45) is 0 Å². The molecule has 0 aliphatic heterocycles. The molecule has 6 heteroatoms. The summed E-state index contributed by atoms with van der Waals surface area (Å²) in [5.41, 5.74) is 0.0169. The van der Waals surface area contributed by atoms with Crippen LogP contribution < -0.4 is 10.1 Å². The lowest BCUT2D eigenvalue weighted by Crippen LogP contribution is -2.21. The third kappa shape index (κ3) is 2.60. The van der Waals surface area contributed by atoms with E-state index in [0.717, 1.165) is 0 Å². The number of aliphatic carboxylic acids is 1. The number of phenolic OH excluding ortho intramolecular Hbond substituents is 1. The highest BCUT2D eigenvalue weighted by atomic mass is 16.5. The molecule has 80 valence electrons. The molecule has 0 radical (unpaired) electrons. The Hall–Kier alpha value is -2.24. The van der Waals surface area contributed by atoms with Crippen LogP contribution in [0.25, 0.3) is 0 Å². The number of ether oxygens (including phenoxy) is 1. The van der Waals surface area contributed by atoms with E-state index in [1.807, 2.05) is 5.32 Å². The highest BCUT2D eigenvalue weighted by Crippen LogP contribution is 2.27. The van der Waals surface area contributed by atoms with Crippen molar-refractivity contribution >= 4 is 17.6 Å². The van der Waals surface area contributed by atoms with Crippen LogP contribution in [-0.2, 0) is 9.59 Å². The molecule has 0 heterocycles. The molecule has 1 amide bonds. The molecule has 0 fully saturated rings. The molecule has 0 saturated carbocycles. The number of rotatable bonds is 2. The molecule has 3 N–H and O–H groups in total. The Kier molecular flexibility index (Phi) is 3.12. The molecule has 1 aromatic rings. The van der Waals surface area contributed by atoms with E-state index in [9.17, 15) is 14.7 Å². The van der Waals surface area contributed by atoms with Gasteiger partial charge in [-0.3, -0.25) is 4.79 Å². The summed E-state index contributed by atoms with van der Waals surface area (Å²) in [4.78, 5) is 21.0. The Balaban J connectivity index is 2.87. The number of phenols is 1. The van der Waals surface area contributed by atoms with Gasteiger partial charge in [-0.2, -0.15) is 0 Å². The monoisotopic (exact) mass is 211 g/mol. The number of carboxylic acid groups (broad SMARTS) is 1. The molecular formula is C9H9NO5. The average Bonchev–Trinajstić information content (AvgIpc) is 2.20. The molecule has 1 aromatic carbocycles. The number of aromatic hydroxyl groups is 1. The number of methoxy groups -OCH3 is 1. The van der Waals surface area contributed by atoms with Crippen LogP contribution in [0.1, 0.15) is 0 Å². The first-order chi connectivity index (χ1) is 7.04. The van der Waals surface area contributed by atoms with Crippen LogP contribution >= 0.6 is 0 Å². The summed E-state index contributed by atoms with van der Waals surface area (Å²) in [7, 11) is 1.42. The third-order valence-electron chi connectivity index (χ3n) is 1.65. The number of hydrogen-bond acceptors (Lipinski definition) is 4. The van der Waals surface area contributed by atoms with Crippen LogP contribution in [0.2, 0.25) is 0 Å². The van der Waals surface area contributed by atoms with Crippen molar-refractivity contribution in [2.45, 2.75) is 0 Å². The van der Waals surface area contributed by atoms with Gasteiger partial charge in [0.2, 0.25) is 0 Å². The van der Waals surface area contributed by atoms with Gasteiger partial charge in [-0.1, -0.05) is 0 Å². The fourth-order valence-electron chi connectivity index (χ4n) is 0.920. The fourth-order valence-corrected chi connectivity index (χ4v) is 0.920. The van der Waals surface area contributed by atoms with E-state index >= 15 is 0 Å². The Morgan fingerprint density at radius 1 is 1.40 bits per heavy atom. The zero-order chi connectivity index (χ0) is 11.4. The summed E-state index contributed by atoms with van der Waals surface area (Å²) >= 11 is 0. The normalized spacial score (nSPS) is 9.40. The molecular weight excluding hydrogens is 202 g/mol. The van der Waals surface area contributed by atoms with Crippen LogP contribution in [-0.4, -0.2) is 29.2 Å².